The van der Waals surface area contributed by atoms with Crippen molar-refractivity contribution in [3.05, 3.63) is 29.6 Å². The fourth-order valence-corrected chi connectivity index (χ4v) is 3.67. The van der Waals surface area contributed by atoms with Gasteiger partial charge in [0.1, 0.15) is 0 Å². The largest absolute Gasteiger partial charge is 0.340 e. The molecule has 1 aromatic rings. The van der Waals surface area contributed by atoms with Gasteiger partial charge in [0.2, 0.25) is 5.91 Å². The molecule has 1 aromatic heterocycles. The highest BCUT2D eigenvalue weighted by Gasteiger charge is 2.25. The fourth-order valence-electron chi connectivity index (χ4n) is 3.67. The zero-order chi connectivity index (χ0) is 15.4. The summed E-state index contributed by atoms with van der Waals surface area (Å²) in [6.07, 6.45) is 7.77. The summed E-state index contributed by atoms with van der Waals surface area (Å²) >= 11 is 0. The van der Waals surface area contributed by atoms with Crippen molar-refractivity contribution in [2.24, 2.45) is 5.92 Å². The first kappa shape index (κ1) is 15.5. The average molecular weight is 301 g/mol. The minimum atomic E-state index is 0.379. The van der Waals surface area contributed by atoms with Gasteiger partial charge in [-0.05, 0) is 37.3 Å². The number of piperazine rings is 1. The molecular formula is C18H27N3O. The highest BCUT2D eigenvalue weighted by molar-refractivity contribution is 5.76. The molecule has 0 spiro atoms. The van der Waals surface area contributed by atoms with Gasteiger partial charge in [0.15, 0.2) is 0 Å². The van der Waals surface area contributed by atoms with Crippen LogP contribution in [0.5, 0.6) is 0 Å². The van der Waals surface area contributed by atoms with Gasteiger partial charge in [0.25, 0.3) is 0 Å². The van der Waals surface area contributed by atoms with Crippen molar-refractivity contribution in [3.8, 4) is 0 Å². The van der Waals surface area contributed by atoms with Crippen LogP contribution in [0.15, 0.2) is 18.3 Å². The van der Waals surface area contributed by atoms with Gasteiger partial charge in [0.05, 0.1) is 0 Å². The number of hydrogen-bond donors (Lipinski definition) is 0. The third-order valence-corrected chi connectivity index (χ3v) is 5.17. The van der Waals surface area contributed by atoms with Crippen molar-refractivity contribution in [3.63, 3.8) is 0 Å². The number of nitrogens with zero attached hydrogens (tertiary/aromatic N) is 3. The van der Waals surface area contributed by atoms with Gasteiger partial charge in [-0.3, -0.25) is 14.7 Å². The summed E-state index contributed by atoms with van der Waals surface area (Å²) in [4.78, 5) is 21.2. The Morgan fingerprint density at radius 1 is 1.23 bits per heavy atom. The van der Waals surface area contributed by atoms with Crippen molar-refractivity contribution < 1.29 is 4.79 Å². The molecule has 120 valence electrons. The van der Waals surface area contributed by atoms with E-state index in [4.69, 9.17) is 0 Å². The summed E-state index contributed by atoms with van der Waals surface area (Å²) in [6.45, 7) is 6.73. The second-order valence-corrected chi connectivity index (χ2v) is 6.76. The molecule has 0 N–H and O–H groups in total. The van der Waals surface area contributed by atoms with Crippen LogP contribution in [0, 0.1) is 12.8 Å². The van der Waals surface area contributed by atoms with Gasteiger partial charge in [-0.1, -0.05) is 18.9 Å². The first-order chi connectivity index (χ1) is 10.7. The Morgan fingerprint density at radius 2 is 1.95 bits per heavy atom. The normalized spacial score (nSPS) is 20.5. The quantitative estimate of drug-likeness (QED) is 0.858. The van der Waals surface area contributed by atoms with E-state index < -0.39 is 0 Å². The molecule has 4 nitrogen and oxygen atoms in total. The van der Waals surface area contributed by atoms with Crippen LogP contribution in [-0.2, 0) is 11.3 Å². The smallest absolute Gasteiger partial charge is 0.222 e. The molecule has 4 heteroatoms. The lowest BCUT2D eigenvalue weighted by atomic mass is 10.0. The van der Waals surface area contributed by atoms with E-state index in [9.17, 15) is 4.79 Å². The molecule has 0 radical (unpaired) electrons. The fraction of sp³-hybridized carbons (Fsp3) is 0.667. The van der Waals surface area contributed by atoms with Gasteiger partial charge < -0.3 is 4.90 Å². The monoisotopic (exact) mass is 301 g/mol. The Labute approximate surface area is 133 Å². The van der Waals surface area contributed by atoms with Crippen LogP contribution in [0.2, 0.25) is 0 Å². The van der Waals surface area contributed by atoms with Gasteiger partial charge in [-0.15, -0.1) is 0 Å². The van der Waals surface area contributed by atoms with Crippen molar-refractivity contribution in [1.29, 1.82) is 0 Å². The second kappa shape index (κ2) is 7.23. The number of hydrogen-bond acceptors (Lipinski definition) is 3. The number of aryl methyl sites for hydroxylation is 1. The predicted molar refractivity (Wildman–Crippen MR) is 87.4 cm³/mol. The number of rotatable bonds is 4. The standard InChI is InChI=1S/C18H27N3O/c1-15-17(7-4-8-19-15)14-20-9-11-21(12-10-20)18(22)13-16-5-2-3-6-16/h4,7-8,16H,2-3,5-6,9-14H2,1H3. The zero-order valence-electron chi connectivity index (χ0n) is 13.6. The Kier molecular flexibility index (Phi) is 5.08. The third-order valence-electron chi connectivity index (χ3n) is 5.17. The number of pyridine rings is 1. The van der Waals surface area contributed by atoms with E-state index in [0.717, 1.165) is 44.8 Å². The Bertz CT molecular complexity index is 503. The molecule has 1 saturated carbocycles. The van der Waals surface area contributed by atoms with Crippen LogP contribution < -0.4 is 0 Å². The Morgan fingerprint density at radius 3 is 2.64 bits per heavy atom. The van der Waals surface area contributed by atoms with E-state index in [-0.39, 0.29) is 0 Å². The molecule has 0 unspecified atom stereocenters. The van der Waals surface area contributed by atoms with E-state index in [2.05, 4.69) is 27.8 Å². The lowest BCUT2D eigenvalue weighted by Crippen LogP contribution is -2.48. The third kappa shape index (κ3) is 3.86. The van der Waals surface area contributed by atoms with Gasteiger partial charge in [-0.2, -0.15) is 0 Å². The molecular weight excluding hydrogens is 274 g/mol. The van der Waals surface area contributed by atoms with Crippen LogP contribution in [0.25, 0.3) is 0 Å². The van der Waals surface area contributed by atoms with E-state index >= 15 is 0 Å². The molecule has 0 aromatic carbocycles. The summed E-state index contributed by atoms with van der Waals surface area (Å²) < 4.78 is 0. The summed E-state index contributed by atoms with van der Waals surface area (Å²) in [7, 11) is 0. The van der Waals surface area contributed by atoms with Gasteiger partial charge in [0, 0.05) is 51.0 Å². The van der Waals surface area contributed by atoms with Crippen molar-refractivity contribution in [2.75, 3.05) is 26.2 Å². The first-order valence-electron chi connectivity index (χ1n) is 8.63. The van der Waals surface area contributed by atoms with Crippen LogP contribution in [-0.4, -0.2) is 46.9 Å². The topological polar surface area (TPSA) is 36.4 Å². The first-order valence-corrected chi connectivity index (χ1v) is 8.63. The maximum absolute atomic E-state index is 12.4. The molecule has 2 aliphatic rings. The molecule has 22 heavy (non-hydrogen) atoms. The van der Waals surface area contributed by atoms with E-state index in [1.165, 1.54) is 31.2 Å². The maximum atomic E-state index is 12.4. The highest BCUT2D eigenvalue weighted by Crippen LogP contribution is 2.28. The number of carbonyl (C=O) groups excluding carboxylic acids is 1. The van der Waals surface area contributed by atoms with Gasteiger partial charge in [-0.25, -0.2) is 0 Å². The minimum Gasteiger partial charge on any atom is -0.340 e. The Hall–Kier alpha value is -1.42. The number of aromatic nitrogens is 1. The lowest BCUT2D eigenvalue weighted by Gasteiger charge is -2.35. The Balaban J connectivity index is 1.45. The lowest BCUT2D eigenvalue weighted by molar-refractivity contribution is -0.134. The van der Waals surface area contributed by atoms with E-state index in [1.54, 1.807) is 0 Å². The van der Waals surface area contributed by atoms with Crippen LogP contribution in [0.1, 0.15) is 43.4 Å². The molecule has 1 saturated heterocycles. The second-order valence-electron chi connectivity index (χ2n) is 6.76. The summed E-state index contributed by atoms with van der Waals surface area (Å²) in [5.41, 5.74) is 2.41. The molecule has 2 fully saturated rings. The average Bonchev–Trinajstić information content (AvgIpc) is 3.03. The SMILES string of the molecule is Cc1ncccc1CN1CCN(C(=O)CC2CCCC2)CC1. The maximum Gasteiger partial charge on any atom is 0.222 e. The van der Waals surface area contributed by atoms with Crippen LogP contribution in [0.4, 0.5) is 0 Å². The van der Waals surface area contributed by atoms with Gasteiger partial charge >= 0.3 is 0 Å². The van der Waals surface area contributed by atoms with E-state index in [1.807, 2.05) is 12.3 Å². The molecule has 1 amide bonds. The molecule has 2 heterocycles. The minimum absolute atomic E-state index is 0.379. The number of carbonyl (C=O) groups is 1. The molecule has 1 aliphatic heterocycles. The predicted octanol–water partition coefficient (Wildman–Crippen LogP) is 2.61. The van der Waals surface area contributed by atoms with E-state index in [0.29, 0.717) is 11.8 Å². The highest BCUT2D eigenvalue weighted by atomic mass is 16.2. The van der Waals surface area contributed by atoms with Crippen molar-refractivity contribution in [2.45, 2.75) is 45.6 Å². The van der Waals surface area contributed by atoms with Crippen molar-refractivity contribution in [1.82, 2.24) is 14.8 Å². The van der Waals surface area contributed by atoms with Crippen LogP contribution in [0.3, 0.4) is 0 Å². The molecule has 0 atom stereocenters. The van der Waals surface area contributed by atoms with Crippen molar-refractivity contribution >= 4 is 5.91 Å². The molecule has 1 aliphatic carbocycles. The number of amides is 1. The summed E-state index contributed by atoms with van der Waals surface area (Å²) in [6, 6.07) is 4.16. The summed E-state index contributed by atoms with van der Waals surface area (Å²) in [5.74, 6) is 1.03. The zero-order valence-corrected chi connectivity index (χ0v) is 13.6. The summed E-state index contributed by atoms with van der Waals surface area (Å²) in [5, 5.41) is 0. The van der Waals surface area contributed by atoms with Crippen LogP contribution >= 0.6 is 0 Å². The molecule has 0 bridgehead atoms. The molecule has 3 rings (SSSR count).